The van der Waals surface area contributed by atoms with Gasteiger partial charge in [-0.25, -0.2) is 0 Å². The lowest BCUT2D eigenvalue weighted by Crippen LogP contribution is -2.31. The van der Waals surface area contributed by atoms with Gasteiger partial charge in [0.25, 0.3) is 0 Å². The molecule has 0 spiro atoms. The minimum atomic E-state index is -0.0486. The fourth-order valence-electron chi connectivity index (χ4n) is 4.02. The molecule has 0 fully saturated rings. The molecule has 29 heavy (non-hydrogen) atoms. The summed E-state index contributed by atoms with van der Waals surface area (Å²) in [6.07, 6.45) is 1.72. The average molecular weight is 468 g/mol. The molecule has 4 aromatic rings. The Morgan fingerprint density at radius 3 is 2.48 bits per heavy atom. The van der Waals surface area contributed by atoms with E-state index in [0.717, 1.165) is 30.5 Å². The second-order valence-corrected chi connectivity index (χ2v) is 8.43. The van der Waals surface area contributed by atoms with Crippen molar-refractivity contribution in [1.82, 2.24) is 5.32 Å². The molecule has 1 unspecified atom stereocenters. The van der Waals surface area contributed by atoms with Gasteiger partial charge in [-0.3, -0.25) is 0 Å². The summed E-state index contributed by atoms with van der Waals surface area (Å²) in [5.74, 6) is -0.0837. The van der Waals surface area contributed by atoms with Crippen molar-refractivity contribution in [3.05, 3.63) is 83.4 Å². The zero-order valence-electron chi connectivity index (χ0n) is 15.8. The monoisotopic (exact) mass is 467 g/mol. The van der Waals surface area contributed by atoms with Gasteiger partial charge in [-0.1, -0.05) is 42.5 Å². The summed E-state index contributed by atoms with van der Waals surface area (Å²) in [5.41, 5.74) is 4.68. The van der Waals surface area contributed by atoms with Crippen LogP contribution in [0.5, 0.6) is 11.5 Å². The number of rotatable bonds is 3. The zero-order chi connectivity index (χ0) is 19.1. The molecule has 0 aliphatic carbocycles. The molecular formula is C24H22BrNO2S. The van der Waals surface area contributed by atoms with Gasteiger partial charge in [0, 0.05) is 15.6 Å². The first-order valence-electron chi connectivity index (χ1n) is 9.53. The highest BCUT2D eigenvalue weighted by Crippen LogP contribution is 2.36. The maximum atomic E-state index is 9.90. The number of aromatic hydroxyl groups is 2. The Morgan fingerprint density at radius 2 is 1.69 bits per heavy atom. The fourth-order valence-corrected chi connectivity index (χ4v) is 5.08. The highest BCUT2D eigenvalue weighted by Gasteiger charge is 2.22. The molecule has 0 saturated heterocycles. The molecular weight excluding hydrogens is 446 g/mol. The van der Waals surface area contributed by atoms with Crippen LogP contribution < -0.4 is 5.32 Å². The predicted octanol–water partition coefficient (Wildman–Crippen LogP) is 5.99. The highest BCUT2D eigenvalue weighted by atomic mass is 79.9. The summed E-state index contributed by atoms with van der Waals surface area (Å²) >= 11 is 1.82. The number of thiophene rings is 1. The largest absolute Gasteiger partial charge is 0.504 e. The first-order valence-corrected chi connectivity index (χ1v) is 10.3. The minimum absolute atomic E-state index is 0. The molecule has 3 aromatic carbocycles. The van der Waals surface area contributed by atoms with Crippen LogP contribution in [-0.4, -0.2) is 16.8 Å². The molecule has 1 aliphatic heterocycles. The van der Waals surface area contributed by atoms with Gasteiger partial charge in [0.05, 0.1) is 0 Å². The molecule has 0 bridgehead atoms. The van der Waals surface area contributed by atoms with Gasteiger partial charge in [-0.2, -0.15) is 0 Å². The number of phenols is 2. The third kappa shape index (κ3) is 3.90. The number of halogens is 1. The summed E-state index contributed by atoms with van der Waals surface area (Å²) in [6.45, 7) is 0.877. The van der Waals surface area contributed by atoms with E-state index < -0.39 is 0 Å². The average Bonchev–Trinajstić information content (AvgIpc) is 3.14. The first kappa shape index (κ1) is 20.0. The van der Waals surface area contributed by atoms with Crippen molar-refractivity contribution < 1.29 is 10.2 Å². The maximum Gasteiger partial charge on any atom is 0.157 e. The van der Waals surface area contributed by atoms with Crippen LogP contribution in [-0.2, 0) is 12.8 Å². The fraction of sp³-hybridized carbons (Fsp3) is 0.167. The normalized spacial score (nSPS) is 15.7. The second kappa shape index (κ2) is 8.19. The van der Waals surface area contributed by atoms with Crippen LogP contribution in [0.2, 0.25) is 0 Å². The summed E-state index contributed by atoms with van der Waals surface area (Å²) in [4.78, 5) is 1.29. The van der Waals surface area contributed by atoms with E-state index in [4.69, 9.17) is 0 Å². The van der Waals surface area contributed by atoms with Gasteiger partial charge in [0.1, 0.15) is 0 Å². The second-order valence-electron chi connectivity index (χ2n) is 7.35. The van der Waals surface area contributed by atoms with E-state index >= 15 is 0 Å². The Balaban J connectivity index is 0.00000205. The van der Waals surface area contributed by atoms with Gasteiger partial charge in [-0.15, -0.1) is 28.3 Å². The molecule has 0 amide bonds. The molecule has 1 aromatic heterocycles. The Morgan fingerprint density at radius 1 is 0.931 bits per heavy atom. The number of phenolic OH excluding ortho intramolecular Hbond substituents is 2. The van der Waals surface area contributed by atoms with Crippen LogP contribution in [0.15, 0.2) is 66.7 Å². The number of nitrogens with one attached hydrogen (secondary N) is 1. The van der Waals surface area contributed by atoms with Crippen LogP contribution >= 0.6 is 28.3 Å². The van der Waals surface area contributed by atoms with Gasteiger partial charge >= 0.3 is 0 Å². The maximum absolute atomic E-state index is 9.90. The lowest BCUT2D eigenvalue weighted by atomic mass is 9.89. The molecule has 0 radical (unpaired) electrons. The van der Waals surface area contributed by atoms with Crippen LogP contribution in [0.3, 0.4) is 0 Å². The quantitative estimate of drug-likeness (QED) is 0.324. The molecule has 5 heteroatoms. The van der Waals surface area contributed by atoms with Crippen molar-refractivity contribution in [2.24, 2.45) is 0 Å². The smallest absolute Gasteiger partial charge is 0.157 e. The lowest BCUT2D eigenvalue weighted by molar-refractivity contribution is 0.398. The van der Waals surface area contributed by atoms with E-state index in [1.54, 1.807) is 12.1 Å². The highest BCUT2D eigenvalue weighted by molar-refractivity contribution is 8.93. The van der Waals surface area contributed by atoms with Crippen LogP contribution in [0.4, 0.5) is 0 Å². The molecule has 148 valence electrons. The SMILES string of the molecule is Br.Oc1cc2c(cc1O)C(Cc1ccc(-c3cc4ccccc4s3)cc1)NCC2. The standard InChI is InChI=1S/C24H21NO2S.BrH/c26-21-12-17-9-10-25-20(19(17)14-22(21)27)11-15-5-7-16(8-6-15)24-13-18-3-1-2-4-23(18)28-24;/h1-8,12-14,20,25-27H,9-11H2;1H. The lowest BCUT2D eigenvalue weighted by Gasteiger charge is -2.27. The van der Waals surface area contributed by atoms with Crippen molar-refractivity contribution in [2.75, 3.05) is 6.54 Å². The van der Waals surface area contributed by atoms with E-state index in [2.05, 4.69) is 59.9 Å². The van der Waals surface area contributed by atoms with Crippen molar-refractivity contribution in [1.29, 1.82) is 0 Å². The van der Waals surface area contributed by atoms with Crippen LogP contribution in [0, 0.1) is 0 Å². The third-order valence-corrected chi connectivity index (χ3v) is 6.67. The van der Waals surface area contributed by atoms with Gasteiger partial charge in [0.15, 0.2) is 11.5 Å². The first-order chi connectivity index (χ1) is 13.7. The predicted molar refractivity (Wildman–Crippen MR) is 126 cm³/mol. The molecule has 2 heterocycles. The van der Waals surface area contributed by atoms with Crippen molar-refractivity contribution in [3.8, 4) is 21.9 Å². The van der Waals surface area contributed by atoms with E-state index in [1.807, 2.05) is 11.3 Å². The summed E-state index contributed by atoms with van der Waals surface area (Å²) < 4.78 is 1.31. The Kier molecular flexibility index (Phi) is 5.63. The van der Waals surface area contributed by atoms with Crippen LogP contribution in [0.25, 0.3) is 20.5 Å². The van der Waals surface area contributed by atoms with E-state index in [0.29, 0.717) is 0 Å². The molecule has 3 nitrogen and oxygen atoms in total. The number of benzene rings is 3. The van der Waals surface area contributed by atoms with Gasteiger partial charge in [0.2, 0.25) is 0 Å². The molecule has 3 N–H and O–H groups in total. The summed E-state index contributed by atoms with van der Waals surface area (Å²) in [7, 11) is 0. The Hall–Kier alpha value is -2.34. The van der Waals surface area contributed by atoms with E-state index in [9.17, 15) is 10.2 Å². The van der Waals surface area contributed by atoms with E-state index in [1.165, 1.54) is 26.1 Å². The van der Waals surface area contributed by atoms with Crippen molar-refractivity contribution in [2.45, 2.75) is 18.9 Å². The Bertz CT molecular complexity index is 1120. The third-order valence-electron chi connectivity index (χ3n) is 5.50. The molecule has 1 atom stereocenters. The topological polar surface area (TPSA) is 52.5 Å². The molecule has 0 saturated carbocycles. The number of hydrogen-bond donors (Lipinski definition) is 3. The molecule has 5 rings (SSSR count). The van der Waals surface area contributed by atoms with E-state index in [-0.39, 0.29) is 34.5 Å². The number of hydrogen-bond acceptors (Lipinski definition) is 4. The zero-order valence-corrected chi connectivity index (χ0v) is 18.3. The molecule has 1 aliphatic rings. The van der Waals surface area contributed by atoms with Crippen molar-refractivity contribution in [3.63, 3.8) is 0 Å². The summed E-state index contributed by atoms with van der Waals surface area (Å²) in [6, 6.07) is 23.0. The Labute approximate surface area is 184 Å². The summed E-state index contributed by atoms with van der Waals surface area (Å²) in [5, 5.41) is 24.5. The van der Waals surface area contributed by atoms with Crippen LogP contribution in [0.1, 0.15) is 22.7 Å². The number of fused-ring (bicyclic) bond motifs is 2. The van der Waals surface area contributed by atoms with Gasteiger partial charge < -0.3 is 15.5 Å². The van der Waals surface area contributed by atoms with Gasteiger partial charge in [-0.05, 0) is 71.3 Å². The van der Waals surface area contributed by atoms with Crippen molar-refractivity contribution >= 4 is 38.4 Å². The minimum Gasteiger partial charge on any atom is -0.504 e.